The molecule has 2 fully saturated rings. The Hall–Kier alpha value is -3.65. The Labute approximate surface area is 244 Å². The molecular formula is C30H46N6O5. The standard InChI is InChI=1S/C27H42N6O5.C3H4/c1-4-12-21(19-31-16-9-10-17-31)13-11-18-32(20-22(34)37-5-2)25-23(33(35)36)24(28)29-26(30-25)38-27(3)14-7-6-8-15-27;1-3-2/h4,12-13H,5-11,14-20H2,1-3H3,(H2,28,29,30);1H,2H3/b12-4-,21-13+;. The Bertz CT molecular complexity index is 1100. The van der Waals surface area contributed by atoms with Crippen LogP contribution in [-0.4, -0.2) is 70.7 Å². The van der Waals surface area contributed by atoms with E-state index in [1.165, 1.54) is 12.8 Å². The highest BCUT2D eigenvalue weighted by atomic mass is 16.6. The van der Waals surface area contributed by atoms with E-state index in [-0.39, 0.29) is 30.8 Å². The van der Waals surface area contributed by atoms with Crippen LogP contribution in [0.25, 0.3) is 0 Å². The first kappa shape index (κ1) is 33.6. The lowest BCUT2D eigenvalue weighted by atomic mass is 9.86. The van der Waals surface area contributed by atoms with Crippen LogP contribution in [0.1, 0.15) is 79.1 Å². The van der Waals surface area contributed by atoms with Crippen LogP contribution >= 0.6 is 0 Å². The van der Waals surface area contributed by atoms with E-state index in [0.717, 1.165) is 57.3 Å². The fourth-order valence-corrected chi connectivity index (χ4v) is 5.13. The molecular weight excluding hydrogens is 524 g/mol. The maximum absolute atomic E-state index is 12.5. The number of ether oxygens (including phenoxy) is 2. The Morgan fingerprint density at radius 1 is 1.24 bits per heavy atom. The molecule has 3 rings (SSSR count). The van der Waals surface area contributed by atoms with Crippen LogP contribution < -0.4 is 15.4 Å². The van der Waals surface area contributed by atoms with Gasteiger partial charge in [0, 0.05) is 13.1 Å². The lowest BCUT2D eigenvalue weighted by Gasteiger charge is -2.33. The molecule has 11 heteroatoms. The fraction of sp³-hybridized carbons (Fsp3) is 0.633. The number of nitrogens with zero attached hydrogens (tertiary/aromatic N) is 5. The number of allylic oxidation sites excluding steroid dienone is 1. The average Bonchev–Trinajstić information content (AvgIpc) is 3.41. The molecule has 1 aromatic rings. The first-order valence-electron chi connectivity index (χ1n) is 14.5. The third kappa shape index (κ3) is 11.0. The van der Waals surface area contributed by atoms with E-state index in [1.54, 1.807) is 18.7 Å². The fourth-order valence-electron chi connectivity index (χ4n) is 5.13. The molecule has 1 saturated carbocycles. The zero-order chi connectivity index (χ0) is 30.3. The maximum atomic E-state index is 12.5. The highest BCUT2D eigenvalue weighted by molar-refractivity contribution is 5.78. The van der Waals surface area contributed by atoms with Crippen LogP contribution in [0, 0.1) is 22.5 Å². The summed E-state index contributed by atoms with van der Waals surface area (Å²) >= 11 is 0. The molecule has 2 N–H and O–H groups in total. The molecule has 0 unspecified atom stereocenters. The quantitative estimate of drug-likeness (QED) is 0.113. The van der Waals surface area contributed by atoms with Crippen molar-refractivity contribution < 1.29 is 19.2 Å². The summed E-state index contributed by atoms with van der Waals surface area (Å²) in [6, 6.07) is -0.0134. The number of terminal acetylenes is 1. The number of hydrogen-bond acceptors (Lipinski definition) is 10. The van der Waals surface area contributed by atoms with E-state index in [9.17, 15) is 14.9 Å². The van der Waals surface area contributed by atoms with Crippen molar-refractivity contribution in [2.45, 2.75) is 84.7 Å². The average molecular weight is 571 g/mol. The summed E-state index contributed by atoms with van der Waals surface area (Å²) in [7, 11) is 0. The van der Waals surface area contributed by atoms with Crippen molar-refractivity contribution in [2.24, 2.45) is 0 Å². The molecule has 226 valence electrons. The van der Waals surface area contributed by atoms with Crippen LogP contribution in [0.5, 0.6) is 6.01 Å². The summed E-state index contributed by atoms with van der Waals surface area (Å²) in [5, 5.41) is 12.0. The van der Waals surface area contributed by atoms with Gasteiger partial charge in [0.05, 0.1) is 11.5 Å². The van der Waals surface area contributed by atoms with Crippen LogP contribution in [0.3, 0.4) is 0 Å². The molecule has 1 saturated heterocycles. The van der Waals surface area contributed by atoms with Crippen molar-refractivity contribution in [2.75, 3.05) is 50.0 Å². The molecule has 1 aromatic heterocycles. The highest BCUT2D eigenvalue weighted by Gasteiger charge is 2.33. The predicted molar refractivity (Wildman–Crippen MR) is 162 cm³/mol. The zero-order valence-electron chi connectivity index (χ0n) is 25.1. The van der Waals surface area contributed by atoms with Gasteiger partial charge in [0.2, 0.25) is 11.6 Å². The smallest absolute Gasteiger partial charge is 0.353 e. The Balaban J connectivity index is 0.00000187. The van der Waals surface area contributed by atoms with Gasteiger partial charge in [-0.1, -0.05) is 24.6 Å². The van der Waals surface area contributed by atoms with E-state index in [0.29, 0.717) is 13.0 Å². The third-order valence-electron chi connectivity index (χ3n) is 7.02. The second kappa shape index (κ2) is 17.2. The van der Waals surface area contributed by atoms with Crippen molar-refractivity contribution in [1.29, 1.82) is 0 Å². The number of hydrogen-bond donors (Lipinski definition) is 1. The van der Waals surface area contributed by atoms with Gasteiger partial charge in [-0.05, 0) is 91.3 Å². The lowest BCUT2D eigenvalue weighted by molar-refractivity contribution is -0.383. The molecule has 41 heavy (non-hydrogen) atoms. The zero-order valence-corrected chi connectivity index (χ0v) is 25.1. The molecule has 0 atom stereocenters. The lowest BCUT2D eigenvalue weighted by Crippen LogP contribution is -2.36. The Kier molecular flexibility index (Phi) is 14.1. The van der Waals surface area contributed by atoms with Gasteiger partial charge in [0.15, 0.2) is 0 Å². The maximum Gasteiger partial charge on any atom is 0.353 e. The predicted octanol–water partition coefficient (Wildman–Crippen LogP) is 5.07. The minimum Gasteiger partial charge on any atom is -0.465 e. The second-order valence-corrected chi connectivity index (χ2v) is 10.5. The van der Waals surface area contributed by atoms with Gasteiger partial charge in [0.25, 0.3) is 0 Å². The molecule has 2 heterocycles. The number of likely N-dealkylation sites (tertiary alicyclic amines) is 1. The summed E-state index contributed by atoms with van der Waals surface area (Å²) in [5.41, 5.74) is 6.32. The van der Waals surface area contributed by atoms with Crippen molar-refractivity contribution >= 4 is 23.3 Å². The molecule has 11 nitrogen and oxygen atoms in total. The SMILES string of the molecule is C#CC.C/C=C\C(=C/CCN(CC(=O)OCC)c1nc(OC2(C)CCCCC2)nc(N)c1[N+](=O)[O-])CN1CCCC1. The van der Waals surface area contributed by atoms with Crippen LogP contribution in [0.4, 0.5) is 17.3 Å². The molecule has 0 spiro atoms. The first-order chi connectivity index (χ1) is 19.7. The van der Waals surface area contributed by atoms with Crippen molar-refractivity contribution in [3.63, 3.8) is 0 Å². The van der Waals surface area contributed by atoms with Gasteiger partial charge in [-0.25, -0.2) is 0 Å². The summed E-state index contributed by atoms with van der Waals surface area (Å²) < 4.78 is 11.3. The minimum atomic E-state index is -0.608. The number of anilines is 2. The van der Waals surface area contributed by atoms with Gasteiger partial charge in [0.1, 0.15) is 12.1 Å². The van der Waals surface area contributed by atoms with Crippen molar-refractivity contribution in [1.82, 2.24) is 14.9 Å². The number of esters is 1. The monoisotopic (exact) mass is 570 g/mol. The molecule has 1 aliphatic heterocycles. The Morgan fingerprint density at radius 3 is 2.49 bits per heavy atom. The molecule has 2 aliphatic rings. The first-order valence-corrected chi connectivity index (χ1v) is 14.5. The number of nitro groups is 1. The van der Waals surface area contributed by atoms with Gasteiger partial charge < -0.3 is 20.1 Å². The normalized spacial score (nSPS) is 16.9. The van der Waals surface area contributed by atoms with E-state index in [2.05, 4.69) is 39.4 Å². The van der Waals surface area contributed by atoms with E-state index < -0.39 is 22.2 Å². The highest BCUT2D eigenvalue weighted by Crippen LogP contribution is 2.36. The summed E-state index contributed by atoms with van der Waals surface area (Å²) in [6.45, 7) is 10.6. The number of nitrogen functional groups attached to an aromatic ring is 1. The number of carbonyl (C=O) groups excluding carboxylic acids is 1. The molecule has 0 radical (unpaired) electrons. The number of nitrogens with two attached hydrogens (primary N) is 1. The van der Waals surface area contributed by atoms with E-state index in [1.807, 2.05) is 19.9 Å². The van der Waals surface area contributed by atoms with E-state index >= 15 is 0 Å². The Morgan fingerprint density at radius 2 is 1.90 bits per heavy atom. The topological polar surface area (TPSA) is 137 Å². The second-order valence-electron chi connectivity index (χ2n) is 10.5. The number of aromatic nitrogens is 2. The van der Waals surface area contributed by atoms with Crippen LogP contribution in [0.15, 0.2) is 23.8 Å². The van der Waals surface area contributed by atoms with E-state index in [4.69, 9.17) is 15.2 Å². The molecule has 1 aliphatic carbocycles. The third-order valence-corrected chi connectivity index (χ3v) is 7.02. The summed E-state index contributed by atoms with van der Waals surface area (Å²) in [6.07, 6.45) is 18.6. The van der Waals surface area contributed by atoms with Gasteiger partial charge in [-0.3, -0.25) is 19.8 Å². The number of rotatable bonds is 13. The van der Waals surface area contributed by atoms with Crippen molar-refractivity contribution in [3.05, 3.63) is 33.9 Å². The van der Waals surface area contributed by atoms with Crippen molar-refractivity contribution in [3.8, 4) is 18.4 Å². The van der Waals surface area contributed by atoms with Gasteiger partial charge >= 0.3 is 17.7 Å². The minimum absolute atomic E-state index is 0.0134. The van der Waals surface area contributed by atoms with Gasteiger partial charge in [-0.2, -0.15) is 9.97 Å². The molecule has 0 bridgehead atoms. The summed E-state index contributed by atoms with van der Waals surface area (Å²) in [4.78, 5) is 36.4. The van der Waals surface area contributed by atoms with Gasteiger partial charge in [-0.15, -0.1) is 12.3 Å². The molecule has 0 aromatic carbocycles. The largest absolute Gasteiger partial charge is 0.465 e. The number of carbonyl (C=O) groups is 1. The molecule has 0 amide bonds. The van der Waals surface area contributed by atoms with Crippen LogP contribution in [0.2, 0.25) is 0 Å². The summed E-state index contributed by atoms with van der Waals surface area (Å²) in [5.74, 6) is 1.42. The van der Waals surface area contributed by atoms with Crippen LogP contribution in [-0.2, 0) is 9.53 Å².